The highest BCUT2D eigenvalue weighted by Crippen LogP contribution is 2.11. The van der Waals surface area contributed by atoms with E-state index < -0.39 is 18.4 Å². The average Bonchev–Trinajstić information content (AvgIpc) is 2.49. The van der Waals surface area contributed by atoms with E-state index in [0.717, 1.165) is 5.56 Å². The van der Waals surface area contributed by atoms with Crippen LogP contribution in [0.3, 0.4) is 0 Å². The number of benzene rings is 1. The molecular weight excluding hydrogens is 272 g/mol. The maximum absolute atomic E-state index is 10.9. The first-order valence-corrected chi connectivity index (χ1v) is 6.72. The van der Waals surface area contributed by atoms with Crippen LogP contribution in [0.25, 0.3) is 0 Å². The van der Waals surface area contributed by atoms with Crippen molar-refractivity contribution in [3.8, 4) is 0 Å². The summed E-state index contributed by atoms with van der Waals surface area (Å²) in [5.74, 6) is -0.932. The zero-order chi connectivity index (χ0) is 14.9. The molecule has 1 aliphatic rings. The van der Waals surface area contributed by atoms with Crippen molar-refractivity contribution in [1.82, 2.24) is 0 Å². The first-order chi connectivity index (χ1) is 10.2. The zero-order valence-corrected chi connectivity index (χ0v) is 11.6. The number of ether oxygens (including phenoxy) is 3. The highest BCUT2D eigenvalue weighted by molar-refractivity contribution is 5.67. The van der Waals surface area contributed by atoms with Crippen molar-refractivity contribution in [1.29, 1.82) is 0 Å². The van der Waals surface area contributed by atoms with Gasteiger partial charge in [-0.25, -0.2) is 0 Å². The van der Waals surface area contributed by atoms with Crippen molar-refractivity contribution < 1.29 is 24.1 Å². The van der Waals surface area contributed by atoms with Gasteiger partial charge in [0.1, 0.15) is 0 Å². The Morgan fingerprint density at radius 2 is 2.10 bits per heavy atom. The summed E-state index contributed by atoms with van der Waals surface area (Å²) < 4.78 is 16.3. The van der Waals surface area contributed by atoms with Gasteiger partial charge in [-0.15, -0.1) is 0 Å². The van der Waals surface area contributed by atoms with Crippen LogP contribution in [0.15, 0.2) is 54.8 Å². The highest BCUT2D eigenvalue weighted by Gasteiger charge is 2.19. The Hall–Kier alpha value is -2.11. The van der Waals surface area contributed by atoms with Gasteiger partial charge in [0.15, 0.2) is 0 Å². The van der Waals surface area contributed by atoms with Crippen LogP contribution in [0.2, 0.25) is 0 Å². The molecule has 1 heterocycles. The summed E-state index contributed by atoms with van der Waals surface area (Å²) in [5, 5.41) is 8.92. The molecule has 112 valence electrons. The molecule has 0 spiro atoms. The molecule has 1 aromatic carbocycles. The van der Waals surface area contributed by atoms with Gasteiger partial charge in [0.25, 0.3) is 0 Å². The third-order valence-corrected chi connectivity index (χ3v) is 2.81. The third-order valence-electron chi connectivity index (χ3n) is 2.81. The summed E-state index contributed by atoms with van der Waals surface area (Å²) in [6.07, 6.45) is 5.48. The van der Waals surface area contributed by atoms with Crippen LogP contribution >= 0.6 is 0 Å². The van der Waals surface area contributed by atoms with Gasteiger partial charge in [-0.1, -0.05) is 36.4 Å². The van der Waals surface area contributed by atoms with Gasteiger partial charge in [0.05, 0.1) is 32.0 Å². The molecule has 1 aliphatic heterocycles. The molecule has 5 heteroatoms. The fourth-order valence-corrected chi connectivity index (χ4v) is 1.86. The molecule has 0 fully saturated rings. The topological polar surface area (TPSA) is 65.0 Å². The molecule has 1 unspecified atom stereocenters. The Labute approximate surface area is 123 Å². The molecule has 0 aliphatic carbocycles. The van der Waals surface area contributed by atoms with Crippen LogP contribution in [0.1, 0.15) is 12.0 Å². The lowest BCUT2D eigenvalue weighted by Gasteiger charge is -2.22. The van der Waals surface area contributed by atoms with Gasteiger partial charge in [-0.2, -0.15) is 0 Å². The van der Waals surface area contributed by atoms with Crippen molar-refractivity contribution in [2.45, 2.75) is 25.4 Å². The normalized spacial score (nSPS) is 18.2. The van der Waals surface area contributed by atoms with E-state index in [2.05, 4.69) is 0 Å². The van der Waals surface area contributed by atoms with Crippen molar-refractivity contribution in [2.75, 3.05) is 6.61 Å². The zero-order valence-electron chi connectivity index (χ0n) is 11.6. The molecule has 0 aromatic heterocycles. The predicted octanol–water partition coefficient (Wildman–Crippen LogP) is 2.49. The second-order valence-electron chi connectivity index (χ2n) is 4.57. The molecule has 0 bridgehead atoms. The summed E-state index contributed by atoms with van der Waals surface area (Å²) in [6, 6.07) is 9.68. The number of hydrogen-bond acceptors (Lipinski definition) is 4. The van der Waals surface area contributed by atoms with E-state index in [0.29, 0.717) is 6.61 Å². The average molecular weight is 290 g/mol. The van der Waals surface area contributed by atoms with Crippen LogP contribution in [0.5, 0.6) is 0 Å². The second kappa shape index (κ2) is 8.24. The quantitative estimate of drug-likeness (QED) is 0.797. The summed E-state index contributed by atoms with van der Waals surface area (Å²) >= 11 is 0. The monoisotopic (exact) mass is 290 g/mol. The van der Waals surface area contributed by atoms with E-state index in [1.165, 1.54) is 6.26 Å². The molecule has 0 saturated heterocycles. The number of carboxylic acids is 1. The lowest BCUT2D eigenvalue weighted by Crippen LogP contribution is -2.29. The lowest BCUT2D eigenvalue weighted by molar-refractivity contribution is -0.155. The van der Waals surface area contributed by atoms with Gasteiger partial charge in [0.2, 0.25) is 6.29 Å². The fraction of sp³-hybridized carbons (Fsp3) is 0.312. The predicted molar refractivity (Wildman–Crippen MR) is 76.4 cm³/mol. The Morgan fingerprint density at radius 3 is 2.76 bits per heavy atom. The van der Waals surface area contributed by atoms with Crippen LogP contribution in [0.4, 0.5) is 0 Å². The lowest BCUT2D eigenvalue weighted by atomic mass is 10.2. The van der Waals surface area contributed by atoms with Crippen molar-refractivity contribution >= 4 is 5.97 Å². The summed E-state index contributed by atoms with van der Waals surface area (Å²) in [7, 11) is 0. The highest BCUT2D eigenvalue weighted by atomic mass is 16.7. The van der Waals surface area contributed by atoms with E-state index >= 15 is 0 Å². The van der Waals surface area contributed by atoms with Crippen LogP contribution < -0.4 is 0 Å². The van der Waals surface area contributed by atoms with E-state index in [1.54, 1.807) is 18.2 Å². The minimum Gasteiger partial charge on any atom is -0.481 e. The number of carboxylic acid groups (broad SMARTS) is 1. The summed E-state index contributed by atoms with van der Waals surface area (Å²) in [6.45, 7) is 0.611. The molecule has 0 radical (unpaired) electrons. The van der Waals surface area contributed by atoms with E-state index in [1.807, 2.05) is 30.3 Å². The number of rotatable bonds is 8. The molecule has 0 amide bonds. The maximum Gasteiger partial charge on any atom is 0.306 e. The Kier molecular flexibility index (Phi) is 5.99. The van der Waals surface area contributed by atoms with Crippen LogP contribution in [0, 0.1) is 0 Å². The second-order valence-corrected chi connectivity index (χ2v) is 4.57. The molecule has 1 N–H and O–H groups in total. The van der Waals surface area contributed by atoms with E-state index in [-0.39, 0.29) is 13.0 Å². The largest absolute Gasteiger partial charge is 0.481 e. The third kappa shape index (κ3) is 5.81. The number of aliphatic carboxylic acids is 1. The number of hydrogen-bond donors (Lipinski definition) is 1. The Morgan fingerprint density at radius 1 is 1.29 bits per heavy atom. The van der Waals surface area contributed by atoms with E-state index in [4.69, 9.17) is 19.3 Å². The summed E-state index contributed by atoms with van der Waals surface area (Å²) in [4.78, 5) is 10.9. The van der Waals surface area contributed by atoms with Crippen LogP contribution in [-0.4, -0.2) is 30.1 Å². The minimum atomic E-state index is -0.932. The van der Waals surface area contributed by atoms with Gasteiger partial charge in [0, 0.05) is 0 Å². The van der Waals surface area contributed by atoms with Crippen molar-refractivity contribution in [2.24, 2.45) is 0 Å². The standard InChI is InChI=1S/C16H18O5/c17-15(18)10-14(21-16-8-4-5-9-20-16)12-19-11-13-6-2-1-3-7-13/h1-9,14,16H,10-12H2,(H,17,18)/t14?,16-/m0/s1. The fourth-order valence-electron chi connectivity index (χ4n) is 1.86. The van der Waals surface area contributed by atoms with Crippen molar-refractivity contribution in [3.63, 3.8) is 0 Å². The molecule has 5 nitrogen and oxygen atoms in total. The molecule has 0 saturated carbocycles. The number of allylic oxidation sites excluding steroid dienone is 2. The van der Waals surface area contributed by atoms with Crippen molar-refractivity contribution in [3.05, 3.63) is 60.4 Å². The molecular formula is C16H18O5. The molecule has 21 heavy (non-hydrogen) atoms. The molecule has 2 rings (SSSR count). The first-order valence-electron chi connectivity index (χ1n) is 6.72. The SMILES string of the molecule is O=C(O)CC(COCc1ccccc1)O[C@H]1C=CC=CO1. The number of carbonyl (C=O) groups is 1. The van der Waals surface area contributed by atoms with Gasteiger partial charge in [-0.3, -0.25) is 4.79 Å². The first kappa shape index (κ1) is 15.3. The Balaban J connectivity index is 1.80. The van der Waals surface area contributed by atoms with Gasteiger partial charge < -0.3 is 19.3 Å². The van der Waals surface area contributed by atoms with E-state index in [9.17, 15) is 4.79 Å². The van der Waals surface area contributed by atoms with Gasteiger partial charge in [-0.05, 0) is 17.7 Å². The van der Waals surface area contributed by atoms with Gasteiger partial charge >= 0.3 is 5.97 Å². The summed E-state index contributed by atoms with van der Waals surface area (Å²) in [5.41, 5.74) is 1.03. The Bertz CT molecular complexity index is 495. The smallest absolute Gasteiger partial charge is 0.306 e. The maximum atomic E-state index is 10.9. The molecule has 1 aromatic rings. The van der Waals surface area contributed by atoms with Crippen LogP contribution in [-0.2, 0) is 25.6 Å². The minimum absolute atomic E-state index is 0.133. The molecule has 2 atom stereocenters.